The van der Waals surface area contributed by atoms with Crippen LogP contribution >= 0.6 is 12.4 Å². The molecule has 1 amide bonds. The molecule has 22 heavy (non-hydrogen) atoms. The molecule has 6 heteroatoms. The van der Waals surface area contributed by atoms with Crippen molar-refractivity contribution in [3.63, 3.8) is 0 Å². The van der Waals surface area contributed by atoms with E-state index >= 15 is 0 Å². The molecule has 3 N–H and O–H groups in total. The maximum Gasteiger partial charge on any atom is 0.337 e. The van der Waals surface area contributed by atoms with Crippen LogP contribution < -0.4 is 11.1 Å². The molecule has 1 aromatic carbocycles. The SMILES string of the molecule is COC(=O)c1cccc(CNC(=O)[C@@H]2CCC[C@@H]2CN)c1.Cl. The highest BCUT2D eigenvalue weighted by atomic mass is 35.5. The minimum absolute atomic E-state index is 0. The molecule has 1 aliphatic rings. The van der Waals surface area contributed by atoms with Crippen LogP contribution in [0.5, 0.6) is 0 Å². The number of nitrogens with one attached hydrogen (secondary N) is 1. The Morgan fingerprint density at radius 1 is 1.36 bits per heavy atom. The van der Waals surface area contributed by atoms with Gasteiger partial charge in [0.25, 0.3) is 0 Å². The molecule has 1 saturated carbocycles. The standard InChI is InChI=1S/C16H22N2O3.ClH/c1-21-16(20)12-5-2-4-11(8-12)10-18-15(19)14-7-3-6-13(14)9-17;/h2,4-5,8,13-14H,3,6-7,9-10,17H2,1H3,(H,18,19);1H/t13-,14-;/m1./s1. The number of halogens is 1. The van der Waals surface area contributed by atoms with E-state index in [0.717, 1.165) is 24.8 Å². The third kappa shape index (κ3) is 4.45. The van der Waals surface area contributed by atoms with E-state index in [9.17, 15) is 9.59 Å². The lowest BCUT2D eigenvalue weighted by atomic mass is 9.95. The summed E-state index contributed by atoms with van der Waals surface area (Å²) < 4.78 is 4.69. The second-order valence-electron chi connectivity index (χ2n) is 5.44. The van der Waals surface area contributed by atoms with Crippen molar-refractivity contribution >= 4 is 24.3 Å². The van der Waals surface area contributed by atoms with E-state index < -0.39 is 0 Å². The van der Waals surface area contributed by atoms with Gasteiger partial charge in [-0.1, -0.05) is 18.6 Å². The Balaban J connectivity index is 0.00000242. The van der Waals surface area contributed by atoms with Gasteiger partial charge in [-0.25, -0.2) is 4.79 Å². The van der Waals surface area contributed by atoms with Gasteiger partial charge < -0.3 is 15.8 Å². The third-order valence-electron chi connectivity index (χ3n) is 4.11. The summed E-state index contributed by atoms with van der Waals surface area (Å²) in [5, 5.41) is 2.94. The summed E-state index contributed by atoms with van der Waals surface area (Å²) in [5.41, 5.74) is 7.08. The van der Waals surface area contributed by atoms with Crippen molar-refractivity contribution < 1.29 is 14.3 Å². The highest BCUT2D eigenvalue weighted by molar-refractivity contribution is 5.89. The Morgan fingerprint density at radius 3 is 2.82 bits per heavy atom. The lowest BCUT2D eigenvalue weighted by Gasteiger charge is -2.17. The van der Waals surface area contributed by atoms with Gasteiger partial charge >= 0.3 is 5.97 Å². The molecule has 0 aromatic heterocycles. The number of carbonyl (C=O) groups is 2. The summed E-state index contributed by atoms with van der Waals surface area (Å²) in [7, 11) is 1.35. The number of hydrogen-bond acceptors (Lipinski definition) is 4. The lowest BCUT2D eigenvalue weighted by molar-refractivity contribution is -0.126. The average Bonchev–Trinajstić information content (AvgIpc) is 3.00. The first kappa shape index (κ1) is 18.5. The fourth-order valence-corrected chi connectivity index (χ4v) is 2.91. The zero-order valence-electron chi connectivity index (χ0n) is 12.7. The molecule has 0 saturated heterocycles. The fraction of sp³-hybridized carbons (Fsp3) is 0.500. The molecule has 0 bridgehead atoms. The molecular weight excluding hydrogens is 304 g/mol. The minimum atomic E-state index is -0.373. The Labute approximate surface area is 137 Å². The number of amides is 1. The van der Waals surface area contributed by atoms with Gasteiger partial charge in [0.05, 0.1) is 12.7 Å². The number of rotatable bonds is 5. The van der Waals surface area contributed by atoms with Gasteiger partial charge in [-0.3, -0.25) is 4.79 Å². The molecule has 122 valence electrons. The first-order valence-corrected chi connectivity index (χ1v) is 7.30. The molecule has 0 spiro atoms. The Kier molecular flexibility index (Phi) is 7.35. The van der Waals surface area contributed by atoms with Crippen LogP contribution in [0.1, 0.15) is 35.2 Å². The van der Waals surface area contributed by atoms with Crippen molar-refractivity contribution in [1.29, 1.82) is 0 Å². The van der Waals surface area contributed by atoms with Crippen molar-refractivity contribution in [3.05, 3.63) is 35.4 Å². The second-order valence-corrected chi connectivity index (χ2v) is 5.44. The predicted molar refractivity (Wildman–Crippen MR) is 86.8 cm³/mol. The van der Waals surface area contributed by atoms with Crippen LogP contribution in [0.3, 0.4) is 0 Å². The van der Waals surface area contributed by atoms with Crippen molar-refractivity contribution in [3.8, 4) is 0 Å². The van der Waals surface area contributed by atoms with Crippen molar-refractivity contribution in [1.82, 2.24) is 5.32 Å². The maximum atomic E-state index is 12.2. The number of methoxy groups -OCH3 is 1. The molecule has 1 aromatic rings. The molecule has 2 atom stereocenters. The smallest absolute Gasteiger partial charge is 0.337 e. The molecule has 2 rings (SSSR count). The van der Waals surface area contributed by atoms with Crippen LogP contribution in [0.25, 0.3) is 0 Å². The Morgan fingerprint density at radius 2 is 2.14 bits per heavy atom. The van der Waals surface area contributed by atoms with Gasteiger partial charge in [0.2, 0.25) is 5.91 Å². The zero-order valence-corrected chi connectivity index (χ0v) is 13.5. The van der Waals surface area contributed by atoms with E-state index in [4.69, 9.17) is 5.73 Å². The number of esters is 1. The maximum absolute atomic E-state index is 12.2. The van der Waals surface area contributed by atoms with Crippen LogP contribution in [0.15, 0.2) is 24.3 Å². The van der Waals surface area contributed by atoms with Crippen LogP contribution in [0, 0.1) is 11.8 Å². The molecule has 0 unspecified atom stereocenters. The van der Waals surface area contributed by atoms with Crippen molar-refractivity contribution in [2.45, 2.75) is 25.8 Å². The first-order valence-electron chi connectivity index (χ1n) is 7.30. The van der Waals surface area contributed by atoms with E-state index in [1.54, 1.807) is 18.2 Å². The summed E-state index contributed by atoms with van der Waals surface area (Å²) in [5.74, 6) is 0.0128. The highest BCUT2D eigenvalue weighted by Crippen LogP contribution is 2.30. The van der Waals surface area contributed by atoms with Gasteiger partial charge in [-0.15, -0.1) is 12.4 Å². The number of hydrogen-bond donors (Lipinski definition) is 2. The van der Waals surface area contributed by atoms with Gasteiger partial charge in [0.15, 0.2) is 0 Å². The van der Waals surface area contributed by atoms with Gasteiger partial charge in [-0.2, -0.15) is 0 Å². The van der Waals surface area contributed by atoms with Crippen molar-refractivity contribution in [2.75, 3.05) is 13.7 Å². The quantitative estimate of drug-likeness (QED) is 0.810. The van der Waals surface area contributed by atoms with E-state index in [1.807, 2.05) is 6.07 Å². The van der Waals surface area contributed by atoms with Crippen LogP contribution in [0.4, 0.5) is 0 Å². The van der Waals surface area contributed by atoms with Gasteiger partial charge in [-0.05, 0) is 43.0 Å². The molecule has 0 heterocycles. The number of nitrogens with two attached hydrogens (primary N) is 1. The second kappa shape index (κ2) is 8.76. The third-order valence-corrected chi connectivity index (χ3v) is 4.11. The topological polar surface area (TPSA) is 81.4 Å². The molecule has 5 nitrogen and oxygen atoms in total. The Hall–Kier alpha value is -1.59. The predicted octanol–water partition coefficient (Wildman–Crippen LogP) is 1.89. The van der Waals surface area contributed by atoms with Crippen molar-refractivity contribution in [2.24, 2.45) is 17.6 Å². The largest absolute Gasteiger partial charge is 0.465 e. The first-order chi connectivity index (χ1) is 10.2. The number of benzene rings is 1. The van der Waals surface area contributed by atoms with E-state index in [1.165, 1.54) is 7.11 Å². The number of carbonyl (C=O) groups excluding carboxylic acids is 2. The average molecular weight is 327 g/mol. The molecular formula is C16H23ClN2O3. The molecule has 1 aliphatic carbocycles. The summed E-state index contributed by atoms with van der Waals surface area (Å²) in [4.78, 5) is 23.7. The Bertz CT molecular complexity index is 522. The molecule has 0 radical (unpaired) electrons. The van der Waals surface area contributed by atoms with Gasteiger partial charge in [0, 0.05) is 12.5 Å². The zero-order chi connectivity index (χ0) is 15.2. The summed E-state index contributed by atoms with van der Waals surface area (Å²) in [6.07, 6.45) is 3.01. The molecule has 1 fully saturated rings. The van der Waals surface area contributed by atoms with E-state index in [0.29, 0.717) is 24.6 Å². The number of ether oxygens (including phenoxy) is 1. The summed E-state index contributed by atoms with van der Waals surface area (Å²) in [6, 6.07) is 7.09. The van der Waals surface area contributed by atoms with E-state index in [2.05, 4.69) is 10.1 Å². The molecule has 0 aliphatic heterocycles. The summed E-state index contributed by atoms with van der Waals surface area (Å²) in [6.45, 7) is 0.980. The van der Waals surface area contributed by atoms with Crippen LogP contribution in [-0.2, 0) is 16.1 Å². The fourth-order valence-electron chi connectivity index (χ4n) is 2.91. The van der Waals surface area contributed by atoms with Gasteiger partial charge in [0.1, 0.15) is 0 Å². The summed E-state index contributed by atoms with van der Waals surface area (Å²) >= 11 is 0. The minimum Gasteiger partial charge on any atom is -0.465 e. The van der Waals surface area contributed by atoms with Crippen LogP contribution in [-0.4, -0.2) is 25.5 Å². The monoisotopic (exact) mass is 326 g/mol. The van der Waals surface area contributed by atoms with Crippen LogP contribution in [0.2, 0.25) is 0 Å². The lowest BCUT2D eigenvalue weighted by Crippen LogP contribution is -2.34. The highest BCUT2D eigenvalue weighted by Gasteiger charge is 2.31. The normalized spacial score (nSPS) is 20.1. The van der Waals surface area contributed by atoms with E-state index in [-0.39, 0.29) is 30.2 Å².